The van der Waals surface area contributed by atoms with Gasteiger partial charge in [0.25, 0.3) is 0 Å². The van der Waals surface area contributed by atoms with Gasteiger partial charge in [-0.1, -0.05) is 12.1 Å². The fourth-order valence-corrected chi connectivity index (χ4v) is 2.30. The smallest absolute Gasteiger partial charge is 0.204 e. The van der Waals surface area contributed by atoms with Gasteiger partial charge in [0.2, 0.25) is 11.5 Å². The van der Waals surface area contributed by atoms with Crippen LogP contribution >= 0.6 is 0 Å². The lowest BCUT2D eigenvalue weighted by molar-refractivity contribution is 0.351. The Morgan fingerprint density at radius 3 is 1.80 bits per heavy atom. The number of fused-ring (bicyclic) bond motifs is 3. The van der Waals surface area contributed by atoms with E-state index in [0.717, 1.165) is 0 Å². The van der Waals surface area contributed by atoms with E-state index in [1.54, 1.807) is 0 Å². The molecule has 0 aliphatic rings. The van der Waals surface area contributed by atoms with E-state index in [1.165, 1.54) is 24.3 Å². The number of rotatable bonds is 0. The number of hydrogen-bond donors (Lipinski definition) is 6. The van der Waals surface area contributed by atoms with Crippen LogP contribution in [0, 0.1) is 0 Å². The molecule has 6 heteroatoms. The predicted octanol–water partition coefficient (Wildman–Crippen LogP) is 2.23. The summed E-state index contributed by atoms with van der Waals surface area (Å²) in [5, 5.41) is 58.9. The van der Waals surface area contributed by atoms with Crippen molar-refractivity contribution in [3.05, 3.63) is 24.3 Å². The third kappa shape index (κ3) is 1.33. The van der Waals surface area contributed by atoms with Crippen molar-refractivity contribution in [2.24, 2.45) is 0 Å². The van der Waals surface area contributed by atoms with Gasteiger partial charge in [-0.2, -0.15) is 0 Å². The second-order valence-corrected chi connectivity index (χ2v) is 4.41. The number of hydrogen-bond acceptors (Lipinski definition) is 6. The van der Waals surface area contributed by atoms with Crippen molar-refractivity contribution < 1.29 is 30.6 Å². The molecule has 0 atom stereocenters. The largest absolute Gasteiger partial charge is 0.504 e. The van der Waals surface area contributed by atoms with Crippen LogP contribution in [0.3, 0.4) is 0 Å². The summed E-state index contributed by atoms with van der Waals surface area (Å²) >= 11 is 0. The molecule has 6 nitrogen and oxygen atoms in total. The highest BCUT2D eigenvalue weighted by atomic mass is 16.3. The number of phenolic OH excluding ortho intramolecular Hbond substituents is 6. The third-order valence-electron chi connectivity index (χ3n) is 3.30. The van der Waals surface area contributed by atoms with E-state index < -0.39 is 34.5 Å². The standard InChI is InChI=1S/C14H10O6/c15-7-4-2-5-1-3-6-9(8(5)11(7)17)12(18)14(20)13(19)10(6)16/h1-4,15-20H. The maximum atomic E-state index is 9.96. The van der Waals surface area contributed by atoms with E-state index in [2.05, 4.69) is 0 Å². The van der Waals surface area contributed by atoms with Crippen LogP contribution in [-0.2, 0) is 0 Å². The number of aromatic hydroxyl groups is 6. The molecule has 0 saturated carbocycles. The first-order valence-corrected chi connectivity index (χ1v) is 5.66. The van der Waals surface area contributed by atoms with Gasteiger partial charge in [-0.25, -0.2) is 0 Å². The molecule has 0 fully saturated rings. The summed E-state index contributed by atoms with van der Waals surface area (Å²) in [7, 11) is 0. The first-order chi connectivity index (χ1) is 9.43. The SMILES string of the molecule is Oc1ccc2ccc3c(O)c(O)c(O)c(O)c3c2c1O. The van der Waals surface area contributed by atoms with Gasteiger partial charge in [-0.3, -0.25) is 0 Å². The van der Waals surface area contributed by atoms with E-state index in [0.29, 0.717) is 5.39 Å². The first-order valence-electron chi connectivity index (χ1n) is 5.66. The number of phenols is 6. The molecule has 102 valence electrons. The lowest BCUT2D eigenvalue weighted by Crippen LogP contribution is -1.83. The second kappa shape index (κ2) is 3.74. The molecule has 0 aliphatic carbocycles. The van der Waals surface area contributed by atoms with Gasteiger partial charge in [0.05, 0.1) is 0 Å². The highest BCUT2D eigenvalue weighted by Gasteiger charge is 2.21. The number of benzene rings is 3. The molecule has 0 aliphatic heterocycles. The van der Waals surface area contributed by atoms with Crippen LogP contribution in [-0.4, -0.2) is 30.6 Å². The van der Waals surface area contributed by atoms with Gasteiger partial charge in [0.15, 0.2) is 23.0 Å². The molecule has 0 bridgehead atoms. The summed E-state index contributed by atoms with van der Waals surface area (Å²) in [6, 6.07) is 5.74. The van der Waals surface area contributed by atoms with Gasteiger partial charge in [0.1, 0.15) is 0 Å². The van der Waals surface area contributed by atoms with Gasteiger partial charge in [-0.15, -0.1) is 0 Å². The lowest BCUT2D eigenvalue weighted by atomic mass is 9.98. The molecule has 0 unspecified atom stereocenters. The van der Waals surface area contributed by atoms with Crippen molar-refractivity contribution in [3.8, 4) is 34.5 Å². The Kier molecular flexibility index (Phi) is 2.25. The topological polar surface area (TPSA) is 121 Å². The summed E-state index contributed by atoms with van der Waals surface area (Å²) in [5.74, 6) is -3.97. The van der Waals surface area contributed by atoms with E-state index in [4.69, 9.17) is 0 Å². The minimum Gasteiger partial charge on any atom is -0.504 e. The summed E-state index contributed by atoms with van der Waals surface area (Å²) < 4.78 is 0. The quantitative estimate of drug-likeness (QED) is 0.212. The first kappa shape index (κ1) is 12.0. The Morgan fingerprint density at radius 1 is 0.500 bits per heavy atom. The molecule has 0 heterocycles. The zero-order chi connectivity index (χ0) is 14.6. The van der Waals surface area contributed by atoms with Crippen molar-refractivity contribution in [1.29, 1.82) is 0 Å². The molecule has 6 N–H and O–H groups in total. The van der Waals surface area contributed by atoms with Gasteiger partial charge >= 0.3 is 0 Å². The molecule has 20 heavy (non-hydrogen) atoms. The van der Waals surface area contributed by atoms with Crippen LogP contribution in [0.25, 0.3) is 21.5 Å². The summed E-state index contributed by atoms with van der Waals surface area (Å²) in [4.78, 5) is 0. The monoisotopic (exact) mass is 274 g/mol. The minimum atomic E-state index is -0.898. The molecule has 3 rings (SSSR count). The Hall–Kier alpha value is -3.02. The van der Waals surface area contributed by atoms with Crippen molar-refractivity contribution in [1.82, 2.24) is 0 Å². The molecular weight excluding hydrogens is 264 g/mol. The zero-order valence-corrected chi connectivity index (χ0v) is 9.99. The Labute approximate surface area is 112 Å². The molecule has 0 spiro atoms. The molecule has 0 amide bonds. The average molecular weight is 274 g/mol. The molecule has 3 aromatic rings. The third-order valence-corrected chi connectivity index (χ3v) is 3.30. The summed E-state index contributed by atoms with van der Waals surface area (Å²) in [6.07, 6.45) is 0. The van der Waals surface area contributed by atoms with Crippen LogP contribution in [0.4, 0.5) is 0 Å². The summed E-state index contributed by atoms with van der Waals surface area (Å²) in [5.41, 5.74) is 0. The zero-order valence-electron chi connectivity index (χ0n) is 9.99. The second-order valence-electron chi connectivity index (χ2n) is 4.41. The highest BCUT2D eigenvalue weighted by molar-refractivity contribution is 6.17. The molecule has 3 aromatic carbocycles. The fourth-order valence-electron chi connectivity index (χ4n) is 2.30. The Balaban J connectivity index is 2.71. The highest BCUT2D eigenvalue weighted by Crippen LogP contribution is 2.52. The van der Waals surface area contributed by atoms with Crippen molar-refractivity contribution in [2.75, 3.05) is 0 Å². The fraction of sp³-hybridized carbons (Fsp3) is 0. The Bertz CT molecular complexity index is 869. The van der Waals surface area contributed by atoms with Gasteiger partial charge in [0, 0.05) is 16.2 Å². The predicted molar refractivity (Wildman–Crippen MR) is 71.4 cm³/mol. The lowest BCUT2D eigenvalue weighted by Gasteiger charge is -2.12. The van der Waals surface area contributed by atoms with Crippen LogP contribution in [0.5, 0.6) is 34.5 Å². The minimum absolute atomic E-state index is 0.0335. The van der Waals surface area contributed by atoms with Crippen LogP contribution in [0.2, 0.25) is 0 Å². The van der Waals surface area contributed by atoms with Crippen molar-refractivity contribution in [2.45, 2.75) is 0 Å². The molecule has 0 radical (unpaired) electrons. The average Bonchev–Trinajstić information content (AvgIpc) is 2.45. The van der Waals surface area contributed by atoms with E-state index in [-0.39, 0.29) is 16.2 Å². The van der Waals surface area contributed by atoms with Gasteiger partial charge < -0.3 is 30.6 Å². The van der Waals surface area contributed by atoms with E-state index in [1.807, 2.05) is 0 Å². The molecule has 0 saturated heterocycles. The summed E-state index contributed by atoms with van der Waals surface area (Å²) in [6.45, 7) is 0. The maximum absolute atomic E-state index is 9.96. The van der Waals surface area contributed by atoms with Crippen molar-refractivity contribution >= 4 is 21.5 Å². The van der Waals surface area contributed by atoms with Gasteiger partial charge in [-0.05, 0) is 17.5 Å². The van der Waals surface area contributed by atoms with E-state index >= 15 is 0 Å². The Morgan fingerprint density at radius 2 is 1.10 bits per heavy atom. The normalized spacial score (nSPS) is 11.2. The molecule has 0 aromatic heterocycles. The van der Waals surface area contributed by atoms with Crippen LogP contribution < -0.4 is 0 Å². The van der Waals surface area contributed by atoms with E-state index in [9.17, 15) is 30.6 Å². The van der Waals surface area contributed by atoms with Crippen molar-refractivity contribution in [3.63, 3.8) is 0 Å². The molecular formula is C14H10O6. The van der Waals surface area contributed by atoms with Crippen LogP contribution in [0.1, 0.15) is 0 Å². The van der Waals surface area contributed by atoms with Crippen LogP contribution in [0.15, 0.2) is 24.3 Å². The maximum Gasteiger partial charge on any atom is 0.204 e.